The lowest BCUT2D eigenvalue weighted by atomic mass is 10.1. The second-order valence-corrected chi connectivity index (χ2v) is 9.20. The molecular formula is C26H40N4. The van der Waals surface area contributed by atoms with Crippen LogP contribution in [0.2, 0.25) is 0 Å². The van der Waals surface area contributed by atoms with Gasteiger partial charge in [-0.15, -0.1) is 0 Å². The van der Waals surface area contributed by atoms with E-state index < -0.39 is 0 Å². The molecule has 2 aliphatic rings. The highest BCUT2D eigenvalue weighted by atomic mass is 15.1. The predicted molar refractivity (Wildman–Crippen MR) is 127 cm³/mol. The summed E-state index contributed by atoms with van der Waals surface area (Å²) >= 11 is 0. The first kappa shape index (κ1) is 23.0. The average molecular weight is 409 g/mol. The second-order valence-electron chi connectivity index (χ2n) is 9.20. The Labute approximate surface area is 183 Å². The fourth-order valence-electron chi connectivity index (χ4n) is 4.13. The Balaban J connectivity index is 0.000000171. The molecule has 2 aliphatic heterocycles. The van der Waals surface area contributed by atoms with Gasteiger partial charge in [0, 0.05) is 25.2 Å². The van der Waals surface area contributed by atoms with Crippen LogP contribution >= 0.6 is 0 Å². The van der Waals surface area contributed by atoms with Crippen LogP contribution < -0.4 is 11.5 Å². The Morgan fingerprint density at radius 2 is 0.900 bits per heavy atom. The van der Waals surface area contributed by atoms with Crippen molar-refractivity contribution in [3.8, 4) is 0 Å². The van der Waals surface area contributed by atoms with Crippen molar-refractivity contribution >= 4 is 0 Å². The highest BCUT2D eigenvalue weighted by Gasteiger charge is 2.16. The largest absolute Gasteiger partial charge is 0.328 e. The number of nitrogens with two attached hydrogens (primary N) is 2. The van der Waals surface area contributed by atoms with E-state index in [9.17, 15) is 0 Å². The van der Waals surface area contributed by atoms with Crippen molar-refractivity contribution in [3.05, 3.63) is 70.8 Å². The SMILES string of the molecule is Cc1ccc(CN2CCC(N)CC2)cc1.Cc1ccc(CN2CCC(N)CC2)cc1. The zero-order chi connectivity index (χ0) is 21.3. The van der Waals surface area contributed by atoms with Gasteiger partial charge in [0.1, 0.15) is 0 Å². The minimum atomic E-state index is 0.430. The average Bonchev–Trinajstić information content (AvgIpc) is 2.75. The molecule has 0 radical (unpaired) electrons. The molecule has 164 valence electrons. The van der Waals surface area contributed by atoms with E-state index in [2.05, 4.69) is 72.2 Å². The van der Waals surface area contributed by atoms with E-state index in [-0.39, 0.29) is 0 Å². The Kier molecular flexibility index (Phi) is 8.88. The monoisotopic (exact) mass is 408 g/mol. The van der Waals surface area contributed by atoms with Gasteiger partial charge in [-0.3, -0.25) is 9.80 Å². The molecule has 4 nitrogen and oxygen atoms in total. The zero-order valence-electron chi connectivity index (χ0n) is 18.9. The van der Waals surface area contributed by atoms with Crippen molar-refractivity contribution in [2.75, 3.05) is 26.2 Å². The molecule has 2 fully saturated rings. The molecule has 0 aromatic heterocycles. The van der Waals surface area contributed by atoms with Crippen molar-refractivity contribution in [1.29, 1.82) is 0 Å². The van der Waals surface area contributed by atoms with Crippen LogP contribution in [0.4, 0.5) is 0 Å². The molecule has 4 N–H and O–H groups in total. The van der Waals surface area contributed by atoms with Crippen LogP contribution in [0.3, 0.4) is 0 Å². The molecule has 0 bridgehead atoms. The molecule has 0 atom stereocenters. The summed E-state index contributed by atoms with van der Waals surface area (Å²) in [6.07, 6.45) is 4.58. The number of piperidine rings is 2. The third kappa shape index (κ3) is 7.84. The maximum absolute atomic E-state index is 5.88. The van der Waals surface area contributed by atoms with Crippen molar-refractivity contribution in [2.45, 2.75) is 64.7 Å². The molecule has 4 heteroatoms. The predicted octanol–water partition coefficient (Wildman–Crippen LogP) is 3.84. The van der Waals surface area contributed by atoms with Gasteiger partial charge in [0.05, 0.1) is 0 Å². The topological polar surface area (TPSA) is 58.5 Å². The number of benzene rings is 2. The first-order valence-corrected chi connectivity index (χ1v) is 11.5. The van der Waals surface area contributed by atoms with Gasteiger partial charge in [0.15, 0.2) is 0 Å². The Morgan fingerprint density at radius 1 is 0.600 bits per heavy atom. The van der Waals surface area contributed by atoms with Crippen LogP contribution in [0.25, 0.3) is 0 Å². The molecule has 2 aromatic rings. The van der Waals surface area contributed by atoms with Gasteiger partial charge in [-0.2, -0.15) is 0 Å². The molecule has 2 aromatic carbocycles. The fraction of sp³-hybridized carbons (Fsp3) is 0.538. The molecule has 0 aliphatic carbocycles. The molecule has 2 saturated heterocycles. The maximum Gasteiger partial charge on any atom is 0.0233 e. The number of nitrogens with zero attached hydrogens (tertiary/aromatic N) is 2. The van der Waals surface area contributed by atoms with Crippen molar-refractivity contribution in [2.24, 2.45) is 11.5 Å². The summed E-state index contributed by atoms with van der Waals surface area (Å²) in [5.74, 6) is 0. The summed E-state index contributed by atoms with van der Waals surface area (Å²) in [5, 5.41) is 0. The van der Waals surface area contributed by atoms with Gasteiger partial charge in [-0.25, -0.2) is 0 Å². The van der Waals surface area contributed by atoms with Gasteiger partial charge in [0.25, 0.3) is 0 Å². The first-order valence-electron chi connectivity index (χ1n) is 11.5. The van der Waals surface area contributed by atoms with E-state index in [4.69, 9.17) is 11.5 Å². The van der Waals surface area contributed by atoms with Crippen LogP contribution in [0, 0.1) is 13.8 Å². The minimum Gasteiger partial charge on any atom is -0.328 e. The highest BCUT2D eigenvalue weighted by molar-refractivity contribution is 5.22. The van der Waals surface area contributed by atoms with Gasteiger partial charge in [-0.1, -0.05) is 59.7 Å². The van der Waals surface area contributed by atoms with Crippen molar-refractivity contribution in [1.82, 2.24) is 9.80 Å². The molecule has 4 rings (SSSR count). The molecule has 0 unspecified atom stereocenters. The van der Waals surface area contributed by atoms with Crippen LogP contribution in [-0.4, -0.2) is 48.1 Å². The summed E-state index contributed by atoms with van der Waals surface area (Å²) in [6, 6.07) is 18.5. The lowest BCUT2D eigenvalue weighted by molar-refractivity contribution is 0.205. The third-order valence-electron chi connectivity index (χ3n) is 6.32. The van der Waals surface area contributed by atoms with Crippen molar-refractivity contribution < 1.29 is 0 Å². The van der Waals surface area contributed by atoms with E-state index in [1.807, 2.05) is 0 Å². The van der Waals surface area contributed by atoms with Crippen LogP contribution in [0.1, 0.15) is 47.9 Å². The molecule has 0 amide bonds. The van der Waals surface area contributed by atoms with Crippen LogP contribution in [-0.2, 0) is 13.1 Å². The smallest absolute Gasteiger partial charge is 0.0233 e. The Morgan fingerprint density at radius 3 is 1.20 bits per heavy atom. The second kappa shape index (κ2) is 11.6. The molecule has 0 saturated carbocycles. The highest BCUT2D eigenvalue weighted by Crippen LogP contribution is 2.14. The first-order chi connectivity index (χ1) is 14.5. The molecule has 30 heavy (non-hydrogen) atoms. The van der Waals surface area contributed by atoms with Crippen LogP contribution in [0.5, 0.6) is 0 Å². The van der Waals surface area contributed by atoms with E-state index >= 15 is 0 Å². The summed E-state index contributed by atoms with van der Waals surface area (Å²) in [7, 11) is 0. The summed E-state index contributed by atoms with van der Waals surface area (Å²) in [5.41, 5.74) is 17.3. The number of aryl methyl sites for hydroxylation is 2. The van der Waals surface area contributed by atoms with E-state index in [1.54, 1.807) is 0 Å². The van der Waals surface area contributed by atoms with Gasteiger partial charge >= 0.3 is 0 Å². The lowest BCUT2D eigenvalue weighted by Gasteiger charge is -2.30. The summed E-state index contributed by atoms with van der Waals surface area (Å²) in [6.45, 7) is 11.0. The number of hydrogen-bond acceptors (Lipinski definition) is 4. The molecular weight excluding hydrogens is 368 g/mol. The fourth-order valence-corrected chi connectivity index (χ4v) is 4.13. The summed E-state index contributed by atoms with van der Waals surface area (Å²) < 4.78 is 0. The zero-order valence-corrected chi connectivity index (χ0v) is 18.9. The normalized spacial score (nSPS) is 19.3. The van der Waals surface area contributed by atoms with Gasteiger partial charge < -0.3 is 11.5 Å². The number of hydrogen-bond donors (Lipinski definition) is 2. The standard InChI is InChI=1S/2C13H20N2/c2*1-11-2-4-12(5-3-11)10-15-8-6-13(14)7-9-15/h2*2-5,13H,6-10,14H2,1H3. The number of likely N-dealkylation sites (tertiary alicyclic amines) is 2. The molecule has 2 heterocycles. The quantitative estimate of drug-likeness (QED) is 0.807. The lowest BCUT2D eigenvalue weighted by Crippen LogP contribution is -2.39. The Bertz CT molecular complexity index is 659. The number of rotatable bonds is 4. The van der Waals surface area contributed by atoms with Gasteiger partial charge in [0.2, 0.25) is 0 Å². The van der Waals surface area contributed by atoms with E-state index in [0.29, 0.717) is 12.1 Å². The minimum absolute atomic E-state index is 0.430. The molecule has 0 spiro atoms. The third-order valence-corrected chi connectivity index (χ3v) is 6.32. The van der Waals surface area contributed by atoms with E-state index in [0.717, 1.165) is 65.0 Å². The van der Waals surface area contributed by atoms with E-state index in [1.165, 1.54) is 22.3 Å². The van der Waals surface area contributed by atoms with Gasteiger partial charge in [-0.05, 0) is 76.8 Å². The van der Waals surface area contributed by atoms with Crippen molar-refractivity contribution in [3.63, 3.8) is 0 Å². The van der Waals surface area contributed by atoms with Crippen LogP contribution in [0.15, 0.2) is 48.5 Å². The summed E-state index contributed by atoms with van der Waals surface area (Å²) in [4.78, 5) is 4.99. The Hall–Kier alpha value is -1.72. The maximum atomic E-state index is 5.88.